The number of H-pyrrole nitrogens is 1. The SMILES string of the molecule is O=C(Nc1cc(C2CCOCC2)[nH]n1)c1cnc2ccc(F)cc2c1. The van der Waals surface area contributed by atoms with Gasteiger partial charge in [-0.2, -0.15) is 5.10 Å². The van der Waals surface area contributed by atoms with Crippen molar-refractivity contribution in [2.75, 3.05) is 18.5 Å². The number of carbonyl (C=O) groups is 1. The summed E-state index contributed by atoms with van der Waals surface area (Å²) in [5, 5.41) is 10.5. The summed E-state index contributed by atoms with van der Waals surface area (Å²) in [5.41, 5.74) is 1.99. The summed E-state index contributed by atoms with van der Waals surface area (Å²) in [6, 6.07) is 7.75. The third-order valence-electron chi connectivity index (χ3n) is 4.41. The van der Waals surface area contributed by atoms with E-state index in [9.17, 15) is 9.18 Å². The maximum atomic E-state index is 13.3. The summed E-state index contributed by atoms with van der Waals surface area (Å²) in [6.07, 6.45) is 3.35. The maximum Gasteiger partial charge on any atom is 0.258 e. The highest BCUT2D eigenvalue weighted by Crippen LogP contribution is 2.26. The van der Waals surface area contributed by atoms with Crippen LogP contribution in [0.15, 0.2) is 36.5 Å². The van der Waals surface area contributed by atoms with E-state index < -0.39 is 0 Å². The van der Waals surface area contributed by atoms with E-state index in [1.807, 2.05) is 6.07 Å². The van der Waals surface area contributed by atoms with Crippen molar-refractivity contribution in [3.8, 4) is 0 Å². The molecule has 0 saturated carbocycles. The predicted molar refractivity (Wildman–Crippen MR) is 91.0 cm³/mol. The van der Waals surface area contributed by atoms with Gasteiger partial charge in [0.2, 0.25) is 0 Å². The Morgan fingerprint density at radius 3 is 2.92 bits per heavy atom. The van der Waals surface area contributed by atoms with Crippen LogP contribution < -0.4 is 5.32 Å². The molecule has 0 radical (unpaired) electrons. The minimum Gasteiger partial charge on any atom is -0.381 e. The number of fused-ring (bicyclic) bond motifs is 1. The maximum absolute atomic E-state index is 13.3. The Morgan fingerprint density at radius 2 is 2.08 bits per heavy atom. The van der Waals surface area contributed by atoms with E-state index in [1.54, 1.807) is 12.1 Å². The summed E-state index contributed by atoms with van der Waals surface area (Å²) < 4.78 is 18.7. The fraction of sp³-hybridized carbons (Fsp3) is 0.278. The average molecular weight is 340 g/mol. The van der Waals surface area contributed by atoms with E-state index in [0.717, 1.165) is 31.7 Å². The van der Waals surface area contributed by atoms with E-state index in [1.165, 1.54) is 18.3 Å². The molecule has 3 aromatic rings. The number of halogens is 1. The molecule has 0 atom stereocenters. The molecule has 0 unspecified atom stereocenters. The molecule has 0 aliphatic carbocycles. The van der Waals surface area contributed by atoms with E-state index in [0.29, 0.717) is 28.2 Å². The number of hydrogen-bond acceptors (Lipinski definition) is 4. The number of aromatic amines is 1. The minimum atomic E-state index is -0.361. The molecule has 25 heavy (non-hydrogen) atoms. The Balaban J connectivity index is 1.51. The molecule has 1 aliphatic rings. The molecular formula is C18H17FN4O2. The van der Waals surface area contributed by atoms with Crippen LogP contribution in [0, 0.1) is 5.82 Å². The largest absolute Gasteiger partial charge is 0.381 e. The molecule has 1 saturated heterocycles. The lowest BCUT2D eigenvalue weighted by Crippen LogP contribution is -2.14. The lowest BCUT2D eigenvalue weighted by Gasteiger charge is -2.20. The second kappa shape index (κ2) is 6.60. The van der Waals surface area contributed by atoms with Gasteiger partial charge < -0.3 is 10.1 Å². The highest BCUT2D eigenvalue weighted by atomic mass is 19.1. The van der Waals surface area contributed by atoms with Gasteiger partial charge in [-0.15, -0.1) is 0 Å². The van der Waals surface area contributed by atoms with Gasteiger partial charge in [0.25, 0.3) is 5.91 Å². The van der Waals surface area contributed by atoms with E-state index >= 15 is 0 Å². The number of rotatable bonds is 3. The first-order valence-corrected chi connectivity index (χ1v) is 8.19. The minimum absolute atomic E-state index is 0.330. The number of aromatic nitrogens is 3. The second-order valence-electron chi connectivity index (χ2n) is 6.11. The zero-order valence-electron chi connectivity index (χ0n) is 13.5. The highest BCUT2D eigenvalue weighted by molar-refractivity contribution is 6.05. The first-order valence-electron chi connectivity index (χ1n) is 8.19. The molecule has 1 aliphatic heterocycles. The normalized spacial score (nSPS) is 15.4. The van der Waals surface area contributed by atoms with Crippen LogP contribution >= 0.6 is 0 Å². The summed E-state index contributed by atoms with van der Waals surface area (Å²) in [6.45, 7) is 1.48. The Bertz CT molecular complexity index is 918. The molecule has 6 nitrogen and oxygen atoms in total. The van der Waals surface area contributed by atoms with Crippen LogP contribution in [-0.4, -0.2) is 34.3 Å². The van der Waals surface area contributed by atoms with Crippen molar-refractivity contribution < 1.29 is 13.9 Å². The fourth-order valence-electron chi connectivity index (χ4n) is 3.03. The lowest BCUT2D eigenvalue weighted by molar-refractivity contribution is 0.0845. The number of nitrogens with zero attached hydrogens (tertiary/aromatic N) is 2. The molecule has 1 aromatic carbocycles. The summed E-state index contributed by atoms with van der Waals surface area (Å²) in [5.74, 6) is 0.145. The van der Waals surface area contributed by atoms with Crippen LogP contribution in [0.3, 0.4) is 0 Å². The Kier molecular flexibility index (Phi) is 4.15. The molecule has 3 heterocycles. The number of pyridine rings is 1. The number of hydrogen-bond donors (Lipinski definition) is 2. The molecule has 7 heteroatoms. The Hall–Kier alpha value is -2.80. The van der Waals surface area contributed by atoms with Crippen molar-refractivity contribution in [3.63, 3.8) is 0 Å². The van der Waals surface area contributed by atoms with Gasteiger partial charge >= 0.3 is 0 Å². The van der Waals surface area contributed by atoms with Gasteiger partial charge in [0, 0.05) is 42.5 Å². The van der Waals surface area contributed by atoms with Crippen molar-refractivity contribution >= 4 is 22.6 Å². The Labute approximate surface area is 143 Å². The van der Waals surface area contributed by atoms with Crippen molar-refractivity contribution in [1.82, 2.24) is 15.2 Å². The average Bonchev–Trinajstić information content (AvgIpc) is 3.10. The van der Waals surface area contributed by atoms with Crippen LogP contribution in [-0.2, 0) is 4.74 Å². The predicted octanol–water partition coefficient (Wildman–Crippen LogP) is 3.24. The van der Waals surface area contributed by atoms with E-state index in [4.69, 9.17) is 4.74 Å². The summed E-state index contributed by atoms with van der Waals surface area (Å²) in [4.78, 5) is 16.6. The first kappa shape index (κ1) is 15.7. The van der Waals surface area contributed by atoms with Crippen molar-refractivity contribution in [2.24, 2.45) is 0 Å². The standard InChI is InChI=1S/C18H17FN4O2/c19-14-1-2-15-12(8-14)7-13(10-20-15)18(24)21-17-9-16(22-23-17)11-3-5-25-6-4-11/h1-2,7-11H,3-6H2,(H2,21,22,23,24). The zero-order valence-corrected chi connectivity index (χ0v) is 13.5. The Morgan fingerprint density at radius 1 is 1.24 bits per heavy atom. The molecule has 2 N–H and O–H groups in total. The number of benzene rings is 1. The van der Waals surface area contributed by atoms with Crippen LogP contribution in [0.2, 0.25) is 0 Å². The summed E-state index contributed by atoms with van der Waals surface area (Å²) in [7, 11) is 0. The second-order valence-corrected chi connectivity index (χ2v) is 6.11. The quantitative estimate of drug-likeness (QED) is 0.767. The van der Waals surface area contributed by atoms with Crippen molar-refractivity contribution in [3.05, 3.63) is 53.6 Å². The number of ether oxygens (including phenoxy) is 1. The molecule has 0 bridgehead atoms. The highest BCUT2D eigenvalue weighted by Gasteiger charge is 2.19. The smallest absolute Gasteiger partial charge is 0.258 e. The molecule has 4 rings (SSSR count). The molecule has 1 amide bonds. The van der Waals surface area contributed by atoms with Gasteiger partial charge in [-0.1, -0.05) is 0 Å². The number of nitrogens with one attached hydrogen (secondary N) is 2. The van der Waals surface area contributed by atoms with Crippen LogP contribution in [0.4, 0.5) is 10.2 Å². The number of amides is 1. The van der Waals surface area contributed by atoms with Crippen molar-refractivity contribution in [2.45, 2.75) is 18.8 Å². The van der Waals surface area contributed by atoms with Gasteiger partial charge in [0.05, 0.1) is 11.1 Å². The van der Waals surface area contributed by atoms with Gasteiger partial charge in [0.1, 0.15) is 5.82 Å². The fourth-order valence-corrected chi connectivity index (χ4v) is 3.03. The summed E-state index contributed by atoms with van der Waals surface area (Å²) >= 11 is 0. The monoisotopic (exact) mass is 340 g/mol. The van der Waals surface area contributed by atoms with Crippen LogP contribution in [0.25, 0.3) is 10.9 Å². The van der Waals surface area contributed by atoms with Gasteiger partial charge in [-0.05, 0) is 37.1 Å². The number of carbonyl (C=O) groups excluding carboxylic acids is 1. The van der Waals surface area contributed by atoms with Crippen LogP contribution in [0.5, 0.6) is 0 Å². The number of anilines is 1. The van der Waals surface area contributed by atoms with E-state index in [-0.39, 0.29) is 11.7 Å². The molecular weight excluding hydrogens is 323 g/mol. The third-order valence-corrected chi connectivity index (χ3v) is 4.41. The van der Waals surface area contributed by atoms with Gasteiger partial charge in [0.15, 0.2) is 5.82 Å². The van der Waals surface area contributed by atoms with Gasteiger partial charge in [-0.3, -0.25) is 14.9 Å². The third kappa shape index (κ3) is 3.36. The lowest BCUT2D eigenvalue weighted by atomic mass is 9.97. The molecule has 0 spiro atoms. The topological polar surface area (TPSA) is 79.9 Å². The van der Waals surface area contributed by atoms with Gasteiger partial charge in [-0.25, -0.2) is 4.39 Å². The molecule has 1 fully saturated rings. The first-order chi connectivity index (χ1) is 12.2. The molecule has 128 valence electrons. The molecule has 2 aromatic heterocycles. The van der Waals surface area contributed by atoms with E-state index in [2.05, 4.69) is 20.5 Å². The zero-order chi connectivity index (χ0) is 17.2. The van der Waals surface area contributed by atoms with Crippen LogP contribution in [0.1, 0.15) is 34.8 Å². The van der Waals surface area contributed by atoms with Crippen molar-refractivity contribution in [1.29, 1.82) is 0 Å².